The molecule has 0 saturated heterocycles. The quantitative estimate of drug-likeness (QED) is 0.804. The second-order valence-corrected chi connectivity index (χ2v) is 5.76. The van der Waals surface area contributed by atoms with E-state index in [4.69, 9.17) is 9.52 Å². The molecule has 1 aromatic heterocycles. The largest absolute Gasteiger partial charge is 0.481 e. The maximum Gasteiger partial charge on any atom is 0.309 e. The van der Waals surface area contributed by atoms with Gasteiger partial charge < -0.3 is 14.8 Å². The van der Waals surface area contributed by atoms with E-state index in [1.807, 2.05) is 6.26 Å². The van der Waals surface area contributed by atoms with Gasteiger partial charge in [0.25, 0.3) is 5.91 Å². The molecule has 0 saturated carbocycles. The van der Waals surface area contributed by atoms with Crippen molar-refractivity contribution >= 4 is 23.6 Å². The SMILES string of the molecule is CSCc1ccc(C(=O)NCCC(C)(C)C(=O)O)o1. The predicted octanol–water partition coefficient (Wildman–Crippen LogP) is 2.37. The van der Waals surface area contributed by atoms with Crippen molar-refractivity contribution in [2.75, 3.05) is 12.8 Å². The first-order chi connectivity index (χ1) is 8.86. The van der Waals surface area contributed by atoms with E-state index in [0.29, 0.717) is 13.0 Å². The summed E-state index contributed by atoms with van der Waals surface area (Å²) in [6, 6.07) is 3.40. The fourth-order valence-electron chi connectivity index (χ4n) is 1.40. The summed E-state index contributed by atoms with van der Waals surface area (Å²) in [6.45, 7) is 3.56. The summed E-state index contributed by atoms with van der Waals surface area (Å²) in [5.41, 5.74) is -0.847. The molecule has 19 heavy (non-hydrogen) atoms. The Bertz CT molecular complexity index is 453. The van der Waals surface area contributed by atoms with E-state index in [-0.39, 0.29) is 11.7 Å². The van der Waals surface area contributed by atoms with Gasteiger partial charge in [-0.25, -0.2) is 0 Å². The molecule has 1 rings (SSSR count). The zero-order valence-electron chi connectivity index (χ0n) is 11.4. The number of rotatable bonds is 7. The van der Waals surface area contributed by atoms with Crippen LogP contribution in [0.15, 0.2) is 16.5 Å². The summed E-state index contributed by atoms with van der Waals surface area (Å²) in [5.74, 6) is 0.551. The van der Waals surface area contributed by atoms with Gasteiger partial charge in [0.05, 0.1) is 11.2 Å². The van der Waals surface area contributed by atoms with E-state index >= 15 is 0 Å². The molecule has 5 nitrogen and oxygen atoms in total. The van der Waals surface area contributed by atoms with Gasteiger partial charge in [0, 0.05) is 6.54 Å². The molecular weight excluding hydrogens is 266 g/mol. The van der Waals surface area contributed by atoms with Gasteiger partial charge in [0.15, 0.2) is 5.76 Å². The Morgan fingerprint density at radius 3 is 2.68 bits per heavy atom. The summed E-state index contributed by atoms with van der Waals surface area (Å²) in [5, 5.41) is 11.6. The summed E-state index contributed by atoms with van der Waals surface area (Å²) in [4.78, 5) is 22.7. The summed E-state index contributed by atoms with van der Waals surface area (Å²) >= 11 is 1.61. The van der Waals surface area contributed by atoms with Crippen LogP contribution in [0.25, 0.3) is 0 Å². The van der Waals surface area contributed by atoms with E-state index < -0.39 is 11.4 Å². The van der Waals surface area contributed by atoms with Gasteiger partial charge in [-0.1, -0.05) is 0 Å². The first kappa shape index (κ1) is 15.6. The Balaban J connectivity index is 2.45. The number of nitrogens with one attached hydrogen (secondary N) is 1. The van der Waals surface area contributed by atoms with Crippen molar-refractivity contribution in [3.63, 3.8) is 0 Å². The molecule has 1 aromatic rings. The fraction of sp³-hybridized carbons (Fsp3) is 0.538. The van der Waals surface area contributed by atoms with Crippen molar-refractivity contribution in [2.45, 2.75) is 26.0 Å². The van der Waals surface area contributed by atoms with E-state index in [2.05, 4.69) is 5.32 Å². The Labute approximate surface area is 116 Å². The second kappa shape index (κ2) is 6.65. The van der Waals surface area contributed by atoms with E-state index in [9.17, 15) is 9.59 Å². The number of hydrogen-bond donors (Lipinski definition) is 2. The zero-order valence-corrected chi connectivity index (χ0v) is 12.2. The lowest BCUT2D eigenvalue weighted by Crippen LogP contribution is -2.31. The predicted molar refractivity (Wildman–Crippen MR) is 74.3 cm³/mol. The van der Waals surface area contributed by atoms with Gasteiger partial charge in [0.2, 0.25) is 0 Å². The number of amides is 1. The first-order valence-corrected chi connectivity index (χ1v) is 7.35. The number of carbonyl (C=O) groups excluding carboxylic acids is 1. The molecule has 0 fully saturated rings. The number of carboxylic acid groups (broad SMARTS) is 1. The van der Waals surface area contributed by atoms with Crippen molar-refractivity contribution in [3.8, 4) is 0 Å². The highest BCUT2D eigenvalue weighted by Crippen LogP contribution is 2.19. The van der Waals surface area contributed by atoms with E-state index in [1.165, 1.54) is 0 Å². The lowest BCUT2D eigenvalue weighted by atomic mass is 9.90. The van der Waals surface area contributed by atoms with Crippen molar-refractivity contribution in [1.29, 1.82) is 0 Å². The maximum absolute atomic E-state index is 11.8. The third-order valence-corrected chi connectivity index (χ3v) is 3.36. The van der Waals surface area contributed by atoms with Crippen LogP contribution < -0.4 is 5.32 Å². The summed E-state index contributed by atoms with van der Waals surface area (Å²) in [6.07, 6.45) is 2.32. The van der Waals surface area contributed by atoms with E-state index in [1.54, 1.807) is 37.7 Å². The molecule has 0 aliphatic heterocycles. The van der Waals surface area contributed by atoms with Gasteiger partial charge in [-0.2, -0.15) is 11.8 Å². The highest BCUT2D eigenvalue weighted by Gasteiger charge is 2.26. The molecule has 1 amide bonds. The molecule has 0 aromatic carbocycles. The minimum Gasteiger partial charge on any atom is -0.481 e. The molecule has 2 N–H and O–H groups in total. The van der Waals surface area contributed by atoms with Crippen LogP contribution in [0.5, 0.6) is 0 Å². The second-order valence-electron chi connectivity index (χ2n) is 4.89. The Morgan fingerprint density at radius 2 is 2.11 bits per heavy atom. The topological polar surface area (TPSA) is 79.5 Å². The lowest BCUT2D eigenvalue weighted by Gasteiger charge is -2.18. The normalized spacial score (nSPS) is 11.3. The maximum atomic E-state index is 11.8. The van der Waals surface area contributed by atoms with E-state index in [0.717, 1.165) is 11.5 Å². The minimum absolute atomic E-state index is 0.261. The van der Waals surface area contributed by atoms with Gasteiger partial charge in [-0.15, -0.1) is 0 Å². The molecule has 6 heteroatoms. The molecule has 1 heterocycles. The Hall–Kier alpha value is -1.43. The van der Waals surface area contributed by atoms with Crippen molar-refractivity contribution < 1.29 is 19.1 Å². The lowest BCUT2D eigenvalue weighted by molar-refractivity contribution is -0.147. The molecule has 0 bridgehead atoms. The number of hydrogen-bond acceptors (Lipinski definition) is 4. The Kier molecular flexibility index (Phi) is 5.47. The highest BCUT2D eigenvalue weighted by molar-refractivity contribution is 7.97. The fourth-order valence-corrected chi connectivity index (χ4v) is 1.84. The van der Waals surface area contributed by atoms with Crippen molar-refractivity contribution in [2.24, 2.45) is 5.41 Å². The average molecular weight is 285 g/mol. The van der Waals surface area contributed by atoms with Gasteiger partial charge in [0.1, 0.15) is 5.76 Å². The summed E-state index contributed by atoms with van der Waals surface area (Å²) < 4.78 is 5.37. The van der Waals surface area contributed by atoms with Gasteiger partial charge in [-0.3, -0.25) is 9.59 Å². The standard InChI is InChI=1S/C13H19NO4S/c1-13(2,12(16)17)6-7-14-11(15)10-5-4-9(18-10)8-19-3/h4-5H,6-8H2,1-3H3,(H,14,15)(H,16,17). The number of carboxylic acids is 1. The third kappa shape index (κ3) is 4.63. The van der Waals surface area contributed by atoms with Crippen molar-refractivity contribution in [1.82, 2.24) is 5.32 Å². The van der Waals surface area contributed by atoms with Crippen LogP contribution in [0.1, 0.15) is 36.6 Å². The van der Waals surface area contributed by atoms with Crippen LogP contribution in [0, 0.1) is 5.41 Å². The van der Waals surface area contributed by atoms with Crippen LogP contribution in [-0.2, 0) is 10.5 Å². The molecule has 106 valence electrons. The van der Waals surface area contributed by atoms with Crippen LogP contribution in [-0.4, -0.2) is 29.8 Å². The first-order valence-electron chi connectivity index (χ1n) is 5.96. The molecule has 0 aliphatic carbocycles. The molecule has 0 radical (unpaired) electrons. The molecule has 0 unspecified atom stereocenters. The van der Waals surface area contributed by atoms with Gasteiger partial charge in [-0.05, 0) is 38.7 Å². The van der Waals surface area contributed by atoms with Crippen LogP contribution in [0.2, 0.25) is 0 Å². The molecule has 0 spiro atoms. The zero-order chi connectivity index (χ0) is 14.5. The third-order valence-electron chi connectivity index (χ3n) is 2.79. The number of carbonyl (C=O) groups is 2. The number of thioether (sulfide) groups is 1. The highest BCUT2D eigenvalue weighted by atomic mass is 32.2. The van der Waals surface area contributed by atoms with Crippen LogP contribution in [0.3, 0.4) is 0 Å². The van der Waals surface area contributed by atoms with Crippen molar-refractivity contribution in [3.05, 3.63) is 23.7 Å². The van der Waals surface area contributed by atoms with Crippen LogP contribution >= 0.6 is 11.8 Å². The number of furan rings is 1. The van der Waals surface area contributed by atoms with Gasteiger partial charge >= 0.3 is 5.97 Å². The molecule has 0 atom stereocenters. The minimum atomic E-state index is -0.873. The molecule has 0 aliphatic rings. The monoisotopic (exact) mass is 285 g/mol. The summed E-state index contributed by atoms with van der Waals surface area (Å²) in [7, 11) is 0. The average Bonchev–Trinajstić information content (AvgIpc) is 2.77. The van der Waals surface area contributed by atoms with Crippen LogP contribution in [0.4, 0.5) is 0 Å². The number of aliphatic carboxylic acids is 1. The molecular formula is C13H19NO4S. The smallest absolute Gasteiger partial charge is 0.309 e. The Morgan fingerprint density at radius 1 is 1.42 bits per heavy atom.